The van der Waals surface area contributed by atoms with Crippen molar-refractivity contribution in [2.75, 3.05) is 19.6 Å². The summed E-state index contributed by atoms with van der Waals surface area (Å²) in [4.78, 5) is 10.7. The molecule has 0 spiro atoms. The Morgan fingerprint density at radius 1 is 1.44 bits per heavy atom. The van der Waals surface area contributed by atoms with Crippen LogP contribution in [0.4, 0.5) is 0 Å². The highest BCUT2D eigenvalue weighted by Gasteiger charge is 2.18. The van der Waals surface area contributed by atoms with Gasteiger partial charge in [0, 0.05) is 13.1 Å². The Bertz CT molecular complexity index is 327. The van der Waals surface area contributed by atoms with Crippen molar-refractivity contribution in [1.29, 1.82) is 0 Å². The predicted molar refractivity (Wildman–Crippen MR) is 64.1 cm³/mol. The molecule has 0 amide bonds. The second-order valence-electron chi connectivity index (χ2n) is 4.31. The average molecular weight is 241 g/mol. The van der Waals surface area contributed by atoms with Crippen molar-refractivity contribution < 1.29 is 0 Å². The molecule has 1 aliphatic heterocycles. The Morgan fingerprint density at radius 2 is 2.31 bits per heavy atom. The van der Waals surface area contributed by atoms with Gasteiger partial charge in [0.25, 0.3) is 0 Å². The van der Waals surface area contributed by atoms with Crippen molar-refractivity contribution in [2.45, 2.75) is 19.4 Å². The maximum atomic E-state index is 5.71. The van der Waals surface area contributed by atoms with Gasteiger partial charge in [-0.2, -0.15) is 0 Å². The first-order valence-electron chi connectivity index (χ1n) is 5.67. The number of hydrogen-bond acceptors (Lipinski definition) is 4. The van der Waals surface area contributed by atoms with Gasteiger partial charge in [-0.05, 0) is 31.8 Å². The Kier molecular flexibility index (Phi) is 4.09. The van der Waals surface area contributed by atoms with Gasteiger partial charge in [0.15, 0.2) is 0 Å². The molecule has 0 aromatic carbocycles. The summed E-state index contributed by atoms with van der Waals surface area (Å²) in [6.07, 6.45) is 5.82. The van der Waals surface area contributed by atoms with E-state index in [0.717, 1.165) is 31.9 Å². The van der Waals surface area contributed by atoms with Gasteiger partial charge < -0.3 is 5.73 Å². The quantitative estimate of drug-likeness (QED) is 0.866. The molecule has 0 bridgehead atoms. The molecule has 0 radical (unpaired) electrons. The van der Waals surface area contributed by atoms with Crippen LogP contribution < -0.4 is 5.73 Å². The van der Waals surface area contributed by atoms with Gasteiger partial charge in [0.1, 0.15) is 5.15 Å². The lowest BCUT2D eigenvalue weighted by Crippen LogP contribution is -2.38. The molecule has 2 N–H and O–H groups in total. The summed E-state index contributed by atoms with van der Waals surface area (Å²) >= 11 is 5.70. The molecular weight excluding hydrogens is 224 g/mol. The number of likely N-dealkylation sites (tertiary alicyclic amines) is 1. The zero-order chi connectivity index (χ0) is 11.4. The van der Waals surface area contributed by atoms with Crippen LogP contribution >= 0.6 is 11.6 Å². The molecule has 1 saturated heterocycles. The van der Waals surface area contributed by atoms with E-state index in [4.69, 9.17) is 17.3 Å². The molecule has 1 aromatic heterocycles. The number of halogens is 1. The van der Waals surface area contributed by atoms with E-state index in [2.05, 4.69) is 14.9 Å². The highest BCUT2D eigenvalue weighted by atomic mass is 35.5. The fourth-order valence-corrected chi connectivity index (χ4v) is 2.23. The highest BCUT2D eigenvalue weighted by Crippen LogP contribution is 2.16. The van der Waals surface area contributed by atoms with Crippen LogP contribution in [0.2, 0.25) is 5.15 Å². The Hall–Kier alpha value is -0.710. The van der Waals surface area contributed by atoms with E-state index in [9.17, 15) is 0 Å². The van der Waals surface area contributed by atoms with Crippen molar-refractivity contribution in [3.8, 4) is 0 Å². The molecule has 88 valence electrons. The van der Waals surface area contributed by atoms with Crippen LogP contribution in [0.15, 0.2) is 12.4 Å². The van der Waals surface area contributed by atoms with Crippen LogP contribution in [0.25, 0.3) is 0 Å². The lowest BCUT2D eigenvalue weighted by molar-refractivity contribution is 0.169. The second kappa shape index (κ2) is 5.57. The molecule has 1 aliphatic rings. The summed E-state index contributed by atoms with van der Waals surface area (Å²) in [5.74, 6) is 0.633. The Morgan fingerprint density at radius 3 is 3.00 bits per heavy atom. The van der Waals surface area contributed by atoms with Gasteiger partial charge in [-0.25, -0.2) is 4.98 Å². The first-order chi connectivity index (χ1) is 7.78. The first kappa shape index (κ1) is 11.8. The van der Waals surface area contributed by atoms with E-state index in [1.54, 1.807) is 12.4 Å². The third-order valence-corrected chi connectivity index (χ3v) is 3.19. The molecule has 0 aliphatic carbocycles. The number of hydrogen-bond donors (Lipinski definition) is 1. The summed E-state index contributed by atoms with van der Waals surface area (Å²) in [5.41, 5.74) is 6.68. The predicted octanol–water partition coefficient (Wildman–Crippen LogP) is 1.30. The van der Waals surface area contributed by atoms with Gasteiger partial charge in [0.05, 0.1) is 18.1 Å². The monoisotopic (exact) mass is 240 g/mol. The number of nitrogens with zero attached hydrogens (tertiary/aromatic N) is 3. The number of piperidine rings is 1. The summed E-state index contributed by atoms with van der Waals surface area (Å²) in [5, 5.41) is 0.447. The third kappa shape index (κ3) is 3.14. The molecule has 2 heterocycles. The summed E-state index contributed by atoms with van der Waals surface area (Å²) in [7, 11) is 0. The zero-order valence-electron chi connectivity index (χ0n) is 9.27. The van der Waals surface area contributed by atoms with Crippen LogP contribution in [-0.4, -0.2) is 34.5 Å². The van der Waals surface area contributed by atoms with Gasteiger partial charge >= 0.3 is 0 Å². The number of nitrogens with two attached hydrogens (primary N) is 1. The molecule has 4 nitrogen and oxygen atoms in total. The minimum Gasteiger partial charge on any atom is -0.330 e. The second-order valence-corrected chi connectivity index (χ2v) is 4.70. The van der Waals surface area contributed by atoms with E-state index in [-0.39, 0.29) is 0 Å². The summed E-state index contributed by atoms with van der Waals surface area (Å²) < 4.78 is 0. The molecule has 1 atom stereocenters. The van der Waals surface area contributed by atoms with Gasteiger partial charge in [0.2, 0.25) is 0 Å². The Labute approximate surface area is 101 Å². The van der Waals surface area contributed by atoms with Crippen molar-refractivity contribution in [3.63, 3.8) is 0 Å². The van der Waals surface area contributed by atoms with Crippen LogP contribution in [0.3, 0.4) is 0 Å². The minimum atomic E-state index is 0.447. The van der Waals surface area contributed by atoms with E-state index in [1.165, 1.54) is 12.8 Å². The zero-order valence-corrected chi connectivity index (χ0v) is 10.0. The van der Waals surface area contributed by atoms with Crippen LogP contribution in [-0.2, 0) is 6.54 Å². The molecular formula is C11H17ClN4. The lowest BCUT2D eigenvalue weighted by atomic mass is 9.98. The molecule has 16 heavy (non-hydrogen) atoms. The number of rotatable bonds is 3. The normalized spacial score (nSPS) is 22.2. The molecule has 1 aromatic rings. The lowest BCUT2D eigenvalue weighted by Gasteiger charge is -2.31. The van der Waals surface area contributed by atoms with Gasteiger partial charge in [-0.15, -0.1) is 0 Å². The van der Waals surface area contributed by atoms with E-state index < -0.39 is 0 Å². The van der Waals surface area contributed by atoms with Crippen molar-refractivity contribution in [3.05, 3.63) is 23.2 Å². The maximum Gasteiger partial charge on any atom is 0.147 e. The molecule has 1 unspecified atom stereocenters. The highest BCUT2D eigenvalue weighted by molar-refractivity contribution is 6.29. The van der Waals surface area contributed by atoms with Crippen LogP contribution in [0.5, 0.6) is 0 Å². The van der Waals surface area contributed by atoms with Gasteiger partial charge in [-0.3, -0.25) is 9.88 Å². The molecule has 5 heteroatoms. The fraction of sp³-hybridized carbons (Fsp3) is 0.636. The first-order valence-corrected chi connectivity index (χ1v) is 6.04. The summed E-state index contributed by atoms with van der Waals surface area (Å²) in [6.45, 7) is 3.82. The topological polar surface area (TPSA) is 55.0 Å². The minimum absolute atomic E-state index is 0.447. The molecule has 0 saturated carbocycles. The smallest absolute Gasteiger partial charge is 0.147 e. The van der Waals surface area contributed by atoms with Crippen molar-refractivity contribution in [2.24, 2.45) is 11.7 Å². The molecule has 2 rings (SSSR count). The SMILES string of the molecule is NCC1CCCN(Cc2cnc(Cl)cn2)C1. The summed E-state index contributed by atoms with van der Waals surface area (Å²) in [6, 6.07) is 0. The molecule has 1 fully saturated rings. The van der Waals surface area contributed by atoms with Crippen molar-refractivity contribution >= 4 is 11.6 Å². The fourth-order valence-electron chi connectivity index (χ4n) is 2.14. The van der Waals surface area contributed by atoms with Gasteiger partial charge in [-0.1, -0.05) is 11.6 Å². The third-order valence-electron chi connectivity index (χ3n) is 3.00. The Balaban J connectivity index is 1.91. The maximum absolute atomic E-state index is 5.71. The van der Waals surface area contributed by atoms with Crippen LogP contribution in [0.1, 0.15) is 18.5 Å². The number of aromatic nitrogens is 2. The standard InChI is InChI=1S/C11H17ClN4/c12-11-6-14-10(5-15-11)8-16-3-1-2-9(4-13)7-16/h5-6,9H,1-4,7-8,13H2. The van der Waals surface area contributed by atoms with Crippen molar-refractivity contribution in [1.82, 2.24) is 14.9 Å². The average Bonchev–Trinajstić information content (AvgIpc) is 2.32. The van der Waals surface area contributed by atoms with E-state index >= 15 is 0 Å². The van der Waals surface area contributed by atoms with Crippen LogP contribution in [0, 0.1) is 5.92 Å². The van der Waals surface area contributed by atoms with E-state index in [0.29, 0.717) is 11.1 Å². The van der Waals surface area contributed by atoms with E-state index in [1.807, 2.05) is 0 Å². The largest absolute Gasteiger partial charge is 0.330 e.